The molecule has 1 aromatic carbocycles. The lowest BCUT2D eigenvalue weighted by Gasteiger charge is -2.25. The second-order valence-corrected chi connectivity index (χ2v) is 10.1. The number of aromatic nitrogens is 3. The summed E-state index contributed by atoms with van der Waals surface area (Å²) < 4.78 is 28.7. The van der Waals surface area contributed by atoms with E-state index in [0.717, 1.165) is 17.4 Å². The lowest BCUT2D eigenvalue weighted by atomic mass is 10.0. The van der Waals surface area contributed by atoms with Crippen LogP contribution in [0.2, 0.25) is 0 Å². The van der Waals surface area contributed by atoms with E-state index in [0.29, 0.717) is 17.1 Å². The maximum absolute atomic E-state index is 12.6. The highest BCUT2D eigenvalue weighted by Crippen LogP contribution is 2.24. The molecular weight excluding hydrogens is 448 g/mol. The third kappa shape index (κ3) is 5.10. The van der Waals surface area contributed by atoms with Gasteiger partial charge in [-0.25, -0.2) is 23.9 Å². The van der Waals surface area contributed by atoms with Gasteiger partial charge in [-0.2, -0.15) is 0 Å². The molecule has 0 radical (unpaired) electrons. The number of nitrogens with zero attached hydrogens (tertiary/aromatic N) is 3. The van der Waals surface area contributed by atoms with Crippen molar-refractivity contribution in [3.8, 4) is 28.3 Å². The maximum atomic E-state index is 12.6. The monoisotopic (exact) mass is 472 g/mol. The smallest absolute Gasteiger partial charge is 0.264 e. The molecule has 2 aromatic heterocycles. The molecule has 2 N–H and O–H groups in total. The standard InChI is InChI=1S/C22H24N4O6S/c1-22(21(28)25-29,33(3,30)31)9-11-26-10-8-17(12-19(26)27)15-4-6-16(7-5-15)20-23-13-18(32-2)14-24-20/h4-8,10,12-14,29H,9,11H2,1-3H3,(H,25,28). The van der Waals surface area contributed by atoms with E-state index < -0.39 is 20.5 Å². The van der Waals surface area contributed by atoms with Gasteiger partial charge in [0, 0.05) is 30.6 Å². The largest absolute Gasteiger partial charge is 0.494 e. The molecule has 0 aliphatic carbocycles. The average molecular weight is 473 g/mol. The Morgan fingerprint density at radius 2 is 1.73 bits per heavy atom. The summed E-state index contributed by atoms with van der Waals surface area (Å²) in [5.74, 6) is 0.0546. The normalized spacial score (nSPS) is 13.2. The predicted molar refractivity (Wildman–Crippen MR) is 122 cm³/mol. The van der Waals surface area contributed by atoms with Crippen molar-refractivity contribution in [1.82, 2.24) is 20.0 Å². The number of hydroxylamine groups is 1. The number of pyridine rings is 1. The summed E-state index contributed by atoms with van der Waals surface area (Å²) in [4.78, 5) is 33.0. The number of hydrogen-bond acceptors (Lipinski definition) is 8. The van der Waals surface area contributed by atoms with Crippen LogP contribution in [0, 0.1) is 0 Å². The van der Waals surface area contributed by atoms with Crippen molar-refractivity contribution >= 4 is 15.7 Å². The summed E-state index contributed by atoms with van der Waals surface area (Å²) in [6, 6.07) is 10.5. The van der Waals surface area contributed by atoms with E-state index >= 15 is 0 Å². The molecule has 33 heavy (non-hydrogen) atoms. The molecule has 3 rings (SSSR count). The highest BCUT2D eigenvalue weighted by atomic mass is 32.2. The number of ether oxygens (including phenoxy) is 1. The topological polar surface area (TPSA) is 140 Å². The molecule has 1 amide bonds. The van der Waals surface area contributed by atoms with E-state index in [1.807, 2.05) is 24.3 Å². The van der Waals surface area contributed by atoms with Crippen molar-refractivity contribution in [3.63, 3.8) is 0 Å². The molecular formula is C22H24N4O6S. The van der Waals surface area contributed by atoms with Crippen molar-refractivity contribution in [3.05, 3.63) is 65.3 Å². The van der Waals surface area contributed by atoms with Crippen LogP contribution in [0.3, 0.4) is 0 Å². The van der Waals surface area contributed by atoms with Gasteiger partial charge in [0.1, 0.15) is 0 Å². The van der Waals surface area contributed by atoms with Crippen LogP contribution in [0.25, 0.3) is 22.5 Å². The fraction of sp³-hybridized carbons (Fsp3) is 0.273. The van der Waals surface area contributed by atoms with E-state index in [4.69, 9.17) is 9.94 Å². The van der Waals surface area contributed by atoms with Gasteiger partial charge in [-0.05, 0) is 30.5 Å². The Morgan fingerprint density at radius 1 is 1.12 bits per heavy atom. The van der Waals surface area contributed by atoms with Gasteiger partial charge < -0.3 is 9.30 Å². The third-order valence-corrected chi connectivity index (χ3v) is 7.59. The Hall–Kier alpha value is -3.57. The van der Waals surface area contributed by atoms with Gasteiger partial charge in [0.15, 0.2) is 26.2 Å². The van der Waals surface area contributed by atoms with Crippen molar-refractivity contribution in [2.24, 2.45) is 0 Å². The number of nitrogens with one attached hydrogen (secondary N) is 1. The average Bonchev–Trinajstić information content (AvgIpc) is 2.82. The molecule has 0 bridgehead atoms. The minimum Gasteiger partial charge on any atom is -0.494 e. The van der Waals surface area contributed by atoms with Crippen LogP contribution >= 0.6 is 0 Å². The number of amides is 1. The van der Waals surface area contributed by atoms with Gasteiger partial charge in [0.05, 0.1) is 19.5 Å². The van der Waals surface area contributed by atoms with Crippen LogP contribution in [0.5, 0.6) is 5.75 Å². The van der Waals surface area contributed by atoms with Crippen LogP contribution in [0.4, 0.5) is 0 Å². The van der Waals surface area contributed by atoms with E-state index in [-0.39, 0.29) is 18.5 Å². The second kappa shape index (κ2) is 9.51. The first kappa shape index (κ1) is 24.1. The van der Waals surface area contributed by atoms with Crippen LogP contribution in [-0.2, 0) is 21.2 Å². The van der Waals surface area contributed by atoms with E-state index in [1.54, 1.807) is 18.5 Å². The van der Waals surface area contributed by atoms with Gasteiger partial charge in [-0.1, -0.05) is 24.3 Å². The number of carbonyl (C=O) groups is 1. The summed E-state index contributed by atoms with van der Waals surface area (Å²) in [6.45, 7) is 1.19. The zero-order chi connectivity index (χ0) is 24.2. The number of rotatable bonds is 8. The van der Waals surface area contributed by atoms with Gasteiger partial charge in [-0.3, -0.25) is 14.8 Å². The van der Waals surface area contributed by atoms with Crippen molar-refractivity contribution in [2.45, 2.75) is 24.6 Å². The van der Waals surface area contributed by atoms with Gasteiger partial charge in [0.25, 0.3) is 11.5 Å². The van der Waals surface area contributed by atoms with Crippen LogP contribution in [-0.4, -0.2) is 52.2 Å². The number of hydrogen-bond donors (Lipinski definition) is 2. The lowest BCUT2D eigenvalue weighted by molar-refractivity contribution is -0.131. The number of sulfone groups is 1. The summed E-state index contributed by atoms with van der Waals surface area (Å²) in [7, 11) is -2.31. The molecule has 0 fully saturated rings. The highest BCUT2D eigenvalue weighted by Gasteiger charge is 2.43. The first-order chi connectivity index (χ1) is 15.6. The van der Waals surface area contributed by atoms with Crippen LogP contribution in [0.15, 0.2) is 59.8 Å². The minimum atomic E-state index is -3.85. The summed E-state index contributed by atoms with van der Waals surface area (Å²) >= 11 is 0. The van der Waals surface area contributed by atoms with Gasteiger partial charge in [0.2, 0.25) is 0 Å². The maximum Gasteiger partial charge on any atom is 0.264 e. The minimum absolute atomic E-state index is 0.0240. The first-order valence-electron chi connectivity index (χ1n) is 9.90. The van der Waals surface area contributed by atoms with Crippen molar-refractivity contribution in [1.29, 1.82) is 0 Å². The zero-order valence-electron chi connectivity index (χ0n) is 18.3. The van der Waals surface area contributed by atoms with E-state index in [1.165, 1.54) is 36.3 Å². The van der Waals surface area contributed by atoms with Crippen LogP contribution in [0.1, 0.15) is 13.3 Å². The molecule has 2 heterocycles. The number of benzene rings is 1. The number of aryl methyl sites for hydroxylation is 1. The summed E-state index contributed by atoms with van der Waals surface area (Å²) in [5, 5.41) is 8.92. The Morgan fingerprint density at radius 3 is 2.24 bits per heavy atom. The first-order valence-corrected chi connectivity index (χ1v) is 11.8. The Labute approximate surface area is 190 Å². The second-order valence-electron chi connectivity index (χ2n) is 7.66. The van der Waals surface area contributed by atoms with Crippen molar-refractivity contribution in [2.75, 3.05) is 13.4 Å². The molecule has 0 saturated heterocycles. The van der Waals surface area contributed by atoms with Gasteiger partial charge >= 0.3 is 0 Å². The predicted octanol–water partition coefficient (Wildman–Crippen LogP) is 1.68. The molecule has 1 unspecified atom stereocenters. The molecule has 10 nitrogen and oxygen atoms in total. The third-order valence-electron chi connectivity index (χ3n) is 5.57. The SMILES string of the molecule is COc1cnc(-c2ccc(-c3ccn(CCC(C)(C(=O)NO)S(C)(=O)=O)c(=O)c3)cc2)nc1. The molecule has 0 aliphatic heterocycles. The lowest BCUT2D eigenvalue weighted by Crippen LogP contribution is -2.49. The fourth-order valence-electron chi connectivity index (χ4n) is 3.17. The molecule has 0 aliphatic rings. The molecule has 174 valence electrons. The quantitative estimate of drug-likeness (QED) is 0.373. The summed E-state index contributed by atoms with van der Waals surface area (Å²) in [6.07, 6.45) is 5.42. The van der Waals surface area contributed by atoms with Gasteiger partial charge in [-0.15, -0.1) is 0 Å². The number of carbonyl (C=O) groups excluding carboxylic acids is 1. The molecule has 11 heteroatoms. The van der Waals surface area contributed by atoms with Crippen molar-refractivity contribution < 1.29 is 23.2 Å². The van der Waals surface area contributed by atoms with E-state index in [9.17, 15) is 18.0 Å². The molecule has 0 spiro atoms. The Balaban J connectivity index is 1.79. The Kier molecular flexibility index (Phi) is 6.94. The molecule has 1 atom stereocenters. The molecule has 0 saturated carbocycles. The van der Waals surface area contributed by atoms with E-state index in [2.05, 4.69) is 9.97 Å². The zero-order valence-corrected chi connectivity index (χ0v) is 19.2. The van der Waals surface area contributed by atoms with Crippen LogP contribution < -0.4 is 15.8 Å². The summed E-state index contributed by atoms with van der Waals surface area (Å²) in [5.41, 5.74) is 3.33. The number of methoxy groups -OCH3 is 1. The molecule has 3 aromatic rings. The fourth-order valence-corrected chi connectivity index (χ4v) is 4.02. The highest BCUT2D eigenvalue weighted by molar-refractivity contribution is 7.92. The Bertz CT molecular complexity index is 1300.